The molecule has 1 aromatic carbocycles. The van der Waals surface area contributed by atoms with Gasteiger partial charge in [0.25, 0.3) is 0 Å². The van der Waals surface area contributed by atoms with Gasteiger partial charge in [-0.3, -0.25) is 0 Å². The second kappa shape index (κ2) is 5.73. The smallest absolute Gasteiger partial charge is 0.0129 e. The Balaban J connectivity index is 2.28. The molecule has 2 rings (SSSR count). The zero-order valence-electron chi connectivity index (χ0n) is 12.1. The first-order valence-corrected chi connectivity index (χ1v) is 7.35. The molecule has 0 heterocycles. The molecule has 0 heteroatoms. The fraction of sp³-hybridized carbons (Fsp3) is 0.556. The summed E-state index contributed by atoms with van der Waals surface area (Å²) in [5, 5.41) is 0. The summed E-state index contributed by atoms with van der Waals surface area (Å²) >= 11 is 0. The molecule has 0 amide bonds. The van der Waals surface area contributed by atoms with Crippen LogP contribution in [0.1, 0.15) is 58.4 Å². The third-order valence-corrected chi connectivity index (χ3v) is 3.95. The minimum atomic E-state index is 0.235. The molecular weight excluding hydrogens is 216 g/mol. The van der Waals surface area contributed by atoms with E-state index in [4.69, 9.17) is 0 Å². The Labute approximate surface area is 112 Å². The van der Waals surface area contributed by atoms with Crippen molar-refractivity contribution in [1.29, 1.82) is 0 Å². The van der Waals surface area contributed by atoms with E-state index in [2.05, 4.69) is 57.2 Å². The number of benzene rings is 1. The highest BCUT2D eigenvalue weighted by atomic mass is 14.3. The average Bonchev–Trinajstić information content (AvgIpc) is 2.37. The van der Waals surface area contributed by atoms with E-state index in [0.29, 0.717) is 0 Å². The van der Waals surface area contributed by atoms with E-state index in [0.717, 1.165) is 5.92 Å². The summed E-state index contributed by atoms with van der Waals surface area (Å²) in [6, 6.07) is 10.9. The maximum atomic E-state index is 2.56. The zero-order valence-corrected chi connectivity index (χ0v) is 12.1. The highest BCUT2D eigenvalue weighted by Crippen LogP contribution is 2.37. The third kappa shape index (κ3) is 3.48. The van der Waals surface area contributed by atoms with Gasteiger partial charge in [0.2, 0.25) is 0 Å². The Morgan fingerprint density at radius 2 is 1.61 bits per heavy atom. The van der Waals surface area contributed by atoms with Gasteiger partial charge in [0.05, 0.1) is 0 Å². The predicted molar refractivity (Wildman–Crippen MR) is 80.4 cm³/mol. The maximum Gasteiger partial charge on any atom is -0.0129 e. The van der Waals surface area contributed by atoms with Crippen molar-refractivity contribution in [3.8, 4) is 0 Å². The van der Waals surface area contributed by atoms with Crippen LogP contribution in [0.5, 0.6) is 0 Å². The highest BCUT2D eigenvalue weighted by molar-refractivity contribution is 5.69. The Hall–Kier alpha value is -1.04. The first-order chi connectivity index (χ1) is 8.57. The fourth-order valence-corrected chi connectivity index (χ4v) is 2.93. The van der Waals surface area contributed by atoms with Gasteiger partial charge < -0.3 is 0 Å². The van der Waals surface area contributed by atoms with E-state index in [9.17, 15) is 0 Å². The van der Waals surface area contributed by atoms with Gasteiger partial charge in [-0.25, -0.2) is 0 Å². The molecule has 0 spiro atoms. The van der Waals surface area contributed by atoms with Crippen molar-refractivity contribution in [3.63, 3.8) is 0 Å². The van der Waals surface area contributed by atoms with Crippen LogP contribution in [0, 0.1) is 11.3 Å². The number of hydrogen-bond acceptors (Lipinski definition) is 0. The van der Waals surface area contributed by atoms with Gasteiger partial charge in [-0.1, -0.05) is 76.4 Å². The lowest BCUT2D eigenvalue weighted by molar-refractivity contribution is 0.416. The molecule has 1 aromatic rings. The molecule has 98 valence electrons. The SMILES string of the molecule is CC(C)(C)C(=CC1CCCCC1)c1ccccc1. The van der Waals surface area contributed by atoms with E-state index in [1.165, 1.54) is 43.2 Å². The average molecular weight is 242 g/mol. The van der Waals surface area contributed by atoms with E-state index in [1.54, 1.807) is 0 Å². The molecule has 1 aliphatic rings. The largest absolute Gasteiger partial charge is 0.0771 e. The van der Waals surface area contributed by atoms with E-state index in [-0.39, 0.29) is 5.41 Å². The standard InChI is InChI=1S/C18H26/c1-18(2,3)17(16-12-8-5-9-13-16)14-15-10-6-4-7-11-15/h5,8-9,12-15H,4,6-7,10-11H2,1-3H3. The van der Waals surface area contributed by atoms with Crippen molar-refractivity contribution in [2.45, 2.75) is 52.9 Å². The Kier molecular flexibility index (Phi) is 4.27. The number of rotatable bonds is 2. The molecule has 1 aliphatic carbocycles. The van der Waals surface area contributed by atoms with Gasteiger partial charge in [-0.2, -0.15) is 0 Å². The van der Waals surface area contributed by atoms with Crippen molar-refractivity contribution >= 4 is 5.57 Å². The van der Waals surface area contributed by atoms with Gasteiger partial charge in [-0.15, -0.1) is 0 Å². The first-order valence-electron chi connectivity index (χ1n) is 7.35. The van der Waals surface area contributed by atoms with Crippen LogP contribution in [0.3, 0.4) is 0 Å². The molecule has 1 saturated carbocycles. The Bertz CT molecular complexity index is 386. The van der Waals surface area contributed by atoms with Crippen molar-refractivity contribution in [3.05, 3.63) is 42.0 Å². The molecule has 0 radical (unpaired) electrons. The topological polar surface area (TPSA) is 0 Å². The lowest BCUT2D eigenvalue weighted by Gasteiger charge is -2.27. The summed E-state index contributed by atoms with van der Waals surface area (Å²) in [5.41, 5.74) is 3.16. The van der Waals surface area contributed by atoms with Crippen molar-refractivity contribution < 1.29 is 0 Å². The molecule has 1 fully saturated rings. The van der Waals surface area contributed by atoms with Gasteiger partial charge in [0, 0.05) is 0 Å². The van der Waals surface area contributed by atoms with Gasteiger partial charge in [-0.05, 0) is 35.3 Å². The Morgan fingerprint density at radius 3 is 2.17 bits per heavy atom. The zero-order chi connectivity index (χ0) is 13.0. The maximum absolute atomic E-state index is 2.56. The van der Waals surface area contributed by atoms with Crippen LogP contribution in [0.2, 0.25) is 0 Å². The molecule has 18 heavy (non-hydrogen) atoms. The van der Waals surface area contributed by atoms with Gasteiger partial charge >= 0.3 is 0 Å². The summed E-state index contributed by atoms with van der Waals surface area (Å²) < 4.78 is 0. The normalized spacial score (nSPS) is 18.9. The van der Waals surface area contributed by atoms with Crippen LogP contribution < -0.4 is 0 Å². The third-order valence-electron chi connectivity index (χ3n) is 3.95. The minimum absolute atomic E-state index is 0.235. The molecule has 0 aromatic heterocycles. The lowest BCUT2D eigenvalue weighted by Crippen LogP contribution is -2.12. The van der Waals surface area contributed by atoms with Gasteiger partial charge in [0.1, 0.15) is 0 Å². The van der Waals surface area contributed by atoms with Crippen LogP contribution in [-0.2, 0) is 0 Å². The Morgan fingerprint density at radius 1 is 1.00 bits per heavy atom. The second-order valence-corrected chi connectivity index (χ2v) is 6.59. The van der Waals surface area contributed by atoms with Crippen LogP contribution in [-0.4, -0.2) is 0 Å². The lowest BCUT2D eigenvalue weighted by atomic mass is 9.78. The summed E-state index contributed by atoms with van der Waals surface area (Å²) in [6.45, 7) is 6.98. The highest BCUT2D eigenvalue weighted by Gasteiger charge is 2.21. The van der Waals surface area contributed by atoms with Crippen molar-refractivity contribution in [2.24, 2.45) is 11.3 Å². The summed E-state index contributed by atoms with van der Waals surface area (Å²) in [6.07, 6.45) is 9.58. The molecule has 0 unspecified atom stereocenters. The molecule has 0 atom stereocenters. The summed E-state index contributed by atoms with van der Waals surface area (Å²) in [4.78, 5) is 0. The molecular formula is C18H26. The van der Waals surface area contributed by atoms with Gasteiger partial charge in [0.15, 0.2) is 0 Å². The molecule has 0 aliphatic heterocycles. The quantitative estimate of drug-likeness (QED) is 0.624. The van der Waals surface area contributed by atoms with Crippen LogP contribution >= 0.6 is 0 Å². The first kappa shape index (κ1) is 13.4. The van der Waals surface area contributed by atoms with Crippen LogP contribution in [0.4, 0.5) is 0 Å². The molecule has 0 nitrogen and oxygen atoms in total. The molecule has 0 bridgehead atoms. The van der Waals surface area contributed by atoms with Crippen LogP contribution in [0.15, 0.2) is 36.4 Å². The number of allylic oxidation sites excluding steroid dienone is 2. The van der Waals surface area contributed by atoms with Crippen molar-refractivity contribution in [1.82, 2.24) is 0 Å². The van der Waals surface area contributed by atoms with Crippen LogP contribution in [0.25, 0.3) is 5.57 Å². The minimum Gasteiger partial charge on any atom is -0.0771 e. The van der Waals surface area contributed by atoms with E-state index in [1.807, 2.05) is 0 Å². The molecule has 0 N–H and O–H groups in total. The van der Waals surface area contributed by atoms with E-state index >= 15 is 0 Å². The molecule has 0 saturated heterocycles. The van der Waals surface area contributed by atoms with E-state index < -0.39 is 0 Å². The predicted octanol–water partition coefficient (Wildman–Crippen LogP) is 5.70. The number of hydrogen-bond donors (Lipinski definition) is 0. The fourth-order valence-electron chi connectivity index (χ4n) is 2.93. The second-order valence-electron chi connectivity index (χ2n) is 6.59. The summed E-state index contributed by atoms with van der Waals surface area (Å²) in [5.74, 6) is 0.799. The summed E-state index contributed by atoms with van der Waals surface area (Å²) in [7, 11) is 0. The van der Waals surface area contributed by atoms with Crippen molar-refractivity contribution in [2.75, 3.05) is 0 Å². The monoisotopic (exact) mass is 242 g/mol.